The first-order valence-corrected chi connectivity index (χ1v) is 6.60. The molecule has 1 aliphatic rings. The predicted octanol–water partition coefficient (Wildman–Crippen LogP) is 1.55. The lowest BCUT2D eigenvalue weighted by Gasteiger charge is -2.12. The summed E-state index contributed by atoms with van der Waals surface area (Å²) < 4.78 is 0. The maximum absolute atomic E-state index is 12.1. The van der Waals surface area contributed by atoms with Gasteiger partial charge in [-0.15, -0.1) is 12.4 Å². The Labute approximate surface area is 124 Å². The molecule has 1 fully saturated rings. The highest BCUT2D eigenvalue weighted by molar-refractivity contribution is 5.97. The first-order chi connectivity index (χ1) is 9.19. The highest BCUT2D eigenvalue weighted by atomic mass is 35.5. The highest BCUT2D eigenvalue weighted by Crippen LogP contribution is 2.11. The van der Waals surface area contributed by atoms with Crippen LogP contribution in [-0.2, 0) is 4.79 Å². The fourth-order valence-electron chi connectivity index (χ4n) is 2.03. The Kier molecular flexibility index (Phi) is 6.48. The fourth-order valence-corrected chi connectivity index (χ4v) is 2.03. The number of carbonyl (C=O) groups excluding carboxylic acids is 2. The molecule has 5 nitrogen and oxygen atoms in total. The average molecular weight is 298 g/mol. The summed E-state index contributed by atoms with van der Waals surface area (Å²) in [6.07, 6.45) is 1.38. The van der Waals surface area contributed by atoms with Gasteiger partial charge in [-0.25, -0.2) is 0 Å². The monoisotopic (exact) mass is 297 g/mol. The molecular formula is C14H20ClN3O2. The molecule has 0 aromatic heterocycles. The van der Waals surface area contributed by atoms with Crippen molar-refractivity contribution in [2.45, 2.75) is 25.8 Å². The third-order valence-corrected chi connectivity index (χ3v) is 3.13. The molecule has 2 amide bonds. The van der Waals surface area contributed by atoms with E-state index in [4.69, 9.17) is 0 Å². The van der Waals surface area contributed by atoms with Crippen molar-refractivity contribution in [1.29, 1.82) is 0 Å². The molecule has 1 saturated heterocycles. The third-order valence-electron chi connectivity index (χ3n) is 3.13. The van der Waals surface area contributed by atoms with Crippen molar-refractivity contribution in [3.05, 3.63) is 29.8 Å². The van der Waals surface area contributed by atoms with Crippen LogP contribution in [0.5, 0.6) is 0 Å². The number of hydrogen-bond acceptors (Lipinski definition) is 3. The summed E-state index contributed by atoms with van der Waals surface area (Å²) in [6, 6.07) is 7.19. The SMILES string of the molecule is CCC(=O)Nc1cccc(C(=O)NC2CCNC2)c1.Cl. The van der Waals surface area contributed by atoms with Crippen LogP contribution in [0.2, 0.25) is 0 Å². The number of hydrogen-bond donors (Lipinski definition) is 3. The summed E-state index contributed by atoms with van der Waals surface area (Å²) in [4.78, 5) is 23.4. The lowest BCUT2D eigenvalue weighted by atomic mass is 10.1. The second kappa shape index (κ2) is 7.87. The van der Waals surface area contributed by atoms with Crippen LogP contribution in [0.4, 0.5) is 5.69 Å². The van der Waals surface area contributed by atoms with Gasteiger partial charge in [-0.2, -0.15) is 0 Å². The molecule has 1 aromatic carbocycles. The van der Waals surface area contributed by atoms with Crippen LogP contribution in [0.25, 0.3) is 0 Å². The minimum Gasteiger partial charge on any atom is -0.348 e. The first kappa shape index (κ1) is 16.5. The van der Waals surface area contributed by atoms with Crippen LogP contribution in [0, 0.1) is 0 Å². The van der Waals surface area contributed by atoms with Gasteiger partial charge in [0, 0.05) is 30.3 Å². The number of halogens is 1. The minimum atomic E-state index is -0.0960. The molecule has 2 rings (SSSR count). The van der Waals surface area contributed by atoms with E-state index in [0.29, 0.717) is 17.7 Å². The number of anilines is 1. The standard InChI is InChI=1S/C14H19N3O2.ClH/c1-2-13(18)16-11-5-3-4-10(8-11)14(19)17-12-6-7-15-9-12;/h3-5,8,12,15H,2,6-7,9H2,1H3,(H,16,18)(H,17,19);1H. The van der Waals surface area contributed by atoms with Gasteiger partial charge in [0.1, 0.15) is 0 Å². The number of nitrogens with one attached hydrogen (secondary N) is 3. The van der Waals surface area contributed by atoms with Crippen LogP contribution in [0.1, 0.15) is 30.1 Å². The summed E-state index contributed by atoms with van der Waals surface area (Å²) in [6.45, 7) is 3.55. The quantitative estimate of drug-likeness (QED) is 0.790. The van der Waals surface area contributed by atoms with Gasteiger partial charge in [0.2, 0.25) is 5.91 Å². The smallest absolute Gasteiger partial charge is 0.251 e. The van der Waals surface area contributed by atoms with Crippen LogP contribution < -0.4 is 16.0 Å². The zero-order chi connectivity index (χ0) is 13.7. The summed E-state index contributed by atoms with van der Waals surface area (Å²) in [5.74, 6) is -0.154. The average Bonchev–Trinajstić information content (AvgIpc) is 2.91. The Morgan fingerprint density at radius 1 is 1.40 bits per heavy atom. The molecule has 3 N–H and O–H groups in total. The molecule has 1 aliphatic heterocycles. The van der Waals surface area contributed by atoms with Crippen molar-refractivity contribution < 1.29 is 9.59 Å². The molecule has 1 atom stereocenters. The van der Waals surface area contributed by atoms with Crippen molar-refractivity contribution in [1.82, 2.24) is 10.6 Å². The van der Waals surface area contributed by atoms with Gasteiger partial charge >= 0.3 is 0 Å². The van der Waals surface area contributed by atoms with Crippen molar-refractivity contribution in [2.24, 2.45) is 0 Å². The Morgan fingerprint density at radius 3 is 2.85 bits per heavy atom. The van der Waals surface area contributed by atoms with Crippen LogP contribution in [0.15, 0.2) is 24.3 Å². The molecule has 1 aromatic rings. The lowest BCUT2D eigenvalue weighted by molar-refractivity contribution is -0.115. The third kappa shape index (κ3) is 4.51. The normalized spacial score (nSPS) is 17.1. The van der Waals surface area contributed by atoms with E-state index >= 15 is 0 Å². The van der Waals surface area contributed by atoms with Crippen molar-refractivity contribution in [3.63, 3.8) is 0 Å². The summed E-state index contributed by atoms with van der Waals surface area (Å²) >= 11 is 0. The van der Waals surface area contributed by atoms with Gasteiger partial charge in [0.05, 0.1) is 0 Å². The number of rotatable bonds is 4. The van der Waals surface area contributed by atoms with Crippen LogP contribution in [0.3, 0.4) is 0 Å². The van der Waals surface area contributed by atoms with E-state index in [1.165, 1.54) is 0 Å². The predicted molar refractivity (Wildman–Crippen MR) is 81.4 cm³/mol. The largest absolute Gasteiger partial charge is 0.348 e. The maximum atomic E-state index is 12.1. The summed E-state index contributed by atoms with van der Waals surface area (Å²) in [7, 11) is 0. The second-order valence-electron chi connectivity index (χ2n) is 4.65. The van der Waals surface area contributed by atoms with Crippen molar-refractivity contribution in [3.8, 4) is 0 Å². The van der Waals surface area contributed by atoms with Crippen molar-refractivity contribution in [2.75, 3.05) is 18.4 Å². The van der Waals surface area contributed by atoms with Crippen LogP contribution in [-0.4, -0.2) is 30.9 Å². The molecule has 0 radical (unpaired) electrons. The molecule has 1 heterocycles. The zero-order valence-corrected chi connectivity index (χ0v) is 12.3. The van der Waals surface area contributed by atoms with E-state index in [0.717, 1.165) is 19.5 Å². The van der Waals surface area contributed by atoms with Crippen molar-refractivity contribution >= 4 is 29.9 Å². The molecule has 1 unspecified atom stereocenters. The summed E-state index contributed by atoms with van der Waals surface area (Å²) in [5, 5.41) is 8.93. The molecule has 0 spiro atoms. The highest BCUT2D eigenvalue weighted by Gasteiger charge is 2.17. The molecule has 20 heavy (non-hydrogen) atoms. The van der Waals surface area contributed by atoms with Gasteiger partial charge in [0.25, 0.3) is 5.91 Å². The molecule has 6 heteroatoms. The number of benzene rings is 1. The Balaban J connectivity index is 0.00000200. The van der Waals surface area contributed by atoms with E-state index in [9.17, 15) is 9.59 Å². The maximum Gasteiger partial charge on any atom is 0.251 e. The van der Waals surface area contributed by atoms with Gasteiger partial charge in [-0.3, -0.25) is 9.59 Å². The van der Waals surface area contributed by atoms with E-state index < -0.39 is 0 Å². The molecule has 0 aliphatic carbocycles. The Morgan fingerprint density at radius 2 is 2.20 bits per heavy atom. The molecule has 0 bridgehead atoms. The second-order valence-corrected chi connectivity index (χ2v) is 4.65. The van der Waals surface area contributed by atoms with Gasteiger partial charge < -0.3 is 16.0 Å². The van der Waals surface area contributed by atoms with Gasteiger partial charge in [-0.1, -0.05) is 13.0 Å². The fraction of sp³-hybridized carbons (Fsp3) is 0.429. The topological polar surface area (TPSA) is 70.2 Å². The number of carbonyl (C=O) groups is 2. The van der Waals surface area contributed by atoms with E-state index in [2.05, 4.69) is 16.0 Å². The first-order valence-electron chi connectivity index (χ1n) is 6.60. The number of amides is 2. The minimum absolute atomic E-state index is 0. The summed E-state index contributed by atoms with van der Waals surface area (Å²) in [5.41, 5.74) is 1.23. The van der Waals surface area contributed by atoms with Gasteiger partial charge in [-0.05, 0) is 31.2 Å². The van der Waals surface area contributed by atoms with E-state index in [1.807, 2.05) is 0 Å². The Hall–Kier alpha value is -1.59. The lowest BCUT2D eigenvalue weighted by Crippen LogP contribution is -2.36. The Bertz CT molecular complexity index is 473. The van der Waals surface area contributed by atoms with E-state index in [1.54, 1.807) is 31.2 Å². The van der Waals surface area contributed by atoms with Gasteiger partial charge in [0.15, 0.2) is 0 Å². The van der Waals surface area contributed by atoms with Crippen LogP contribution >= 0.6 is 12.4 Å². The molecule has 0 saturated carbocycles. The zero-order valence-electron chi connectivity index (χ0n) is 11.4. The molecular weight excluding hydrogens is 278 g/mol. The van der Waals surface area contributed by atoms with E-state index in [-0.39, 0.29) is 30.3 Å². The molecule has 110 valence electrons.